The predicted octanol–water partition coefficient (Wildman–Crippen LogP) is 1.26. The SMILES string of the molecule is CO.O=Cc1c[nH]c2ncc(C3CC3)nc12. The van der Waals surface area contributed by atoms with Gasteiger partial charge in [0.25, 0.3) is 0 Å². The fourth-order valence-corrected chi connectivity index (χ4v) is 1.59. The summed E-state index contributed by atoms with van der Waals surface area (Å²) in [5.41, 5.74) is 3.00. The average molecular weight is 219 g/mol. The van der Waals surface area contributed by atoms with Crippen molar-refractivity contribution in [1.29, 1.82) is 0 Å². The number of carbonyl (C=O) groups is 1. The number of aromatic nitrogens is 3. The third kappa shape index (κ3) is 1.81. The molecule has 1 aliphatic rings. The van der Waals surface area contributed by atoms with Crippen LogP contribution in [0.15, 0.2) is 12.4 Å². The Hall–Kier alpha value is -1.75. The van der Waals surface area contributed by atoms with Crippen LogP contribution < -0.4 is 0 Å². The lowest BCUT2D eigenvalue weighted by Gasteiger charge is -1.96. The molecule has 84 valence electrons. The van der Waals surface area contributed by atoms with Gasteiger partial charge in [-0.1, -0.05) is 0 Å². The van der Waals surface area contributed by atoms with E-state index in [2.05, 4.69) is 15.0 Å². The molecule has 2 aromatic heterocycles. The lowest BCUT2D eigenvalue weighted by atomic mass is 10.3. The molecule has 0 bridgehead atoms. The van der Waals surface area contributed by atoms with E-state index in [0.717, 1.165) is 19.1 Å². The van der Waals surface area contributed by atoms with Crippen molar-refractivity contribution in [3.05, 3.63) is 23.7 Å². The predicted molar refractivity (Wildman–Crippen MR) is 59.4 cm³/mol. The van der Waals surface area contributed by atoms with Gasteiger partial charge in [0.05, 0.1) is 17.5 Å². The minimum Gasteiger partial charge on any atom is -0.400 e. The van der Waals surface area contributed by atoms with Gasteiger partial charge in [0.1, 0.15) is 5.52 Å². The zero-order valence-electron chi connectivity index (χ0n) is 8.97. The Morgan fingerprint density at radius 3 is 2.88 bits per heavy atom. The van der Waals surface area contributed by atoms with Gasteiger partial charge in [-0.15, -0.1) is 0 Å². The van der Waals surface area contributed by atoms with Gasteiger partial charge in [0.2, 0.25) is 0 Å². The topological polar surface area (TPSA) is 78.9 Å². The van der Waals surface area contributed by atoms with Crippen molar-refractivity contribution in [3.63, 3.8) is 0 Å². The van der Waals surface area contributed by atoms with E-state index in [-0.39, 0.29) is 0 Å². The van der Waals surface area contributed by atoms with Crippen LogP contribution in [0, 0.1) is 0 Å². The molecular weight excluding hydrogens is 206 g/mol. The number of hydrogen-bond acceptors (Lipinski definition) is 4. The molecule has 1 fully saturated rings. The Balaban J connectivity index is 0.000000457. The monoisotopic (exact) mass is 219 g/mol. The number of H-pyrrole nitrogens is 1. The lowest BCUT2D eigenvalue weighted by Crippen LogP contribution is -1.90. The maximum atomic E-state index is 10.7. The van der Waals surface area contributed by atoms with Crippen LogP contribution in [0.4, 0.5) is 0 Å². The molecule has 0 aromatic carbocycles. The number of carbonyl (C=O) groups excluding carboxylic acids is 1. The van der Waals surface area contributed by atoms with Crippen LogP contribution in [0.1, 0.15) is 34.8 Å². The molecule has 1 aliphatic carbocycles. The van der Waals surface area contributed by atoms with Gasteiger partial charge in [-0.2, -0.15) is 0 Å². The molecular formula is C11H13N3O2. The van der Waals surface area contributed by atoms with Crippen molar-refractivity contribution in [2.24, 2.45) is 0 Å². The average Bonchev–Trinajstić information content (AvgIpc) is 3.12. The van der Waals surface area contributed by atoms with Crippen LogP contribution >= 0.6 is 0 Å². The Kier molecular flexibility index (Phi) is 2.96. The van der Waals surface area contributed by atoms with Crippen molar-refractivity contribution < 1.29 is 9.90 Å². The number of aromatic amines is 1. The van der Waals surface area contributed by atoms with Crippen LogP contribution in [-0.2, 0) is 0 Å². The largest absolute Gasteiger partial charge is 0.400 e. The Labute approximate surface area is 92.5 Å². The molecule has 0 atom stereocenters. The maximum absolute atomic E-state index is 10.7. The first-order chi connectivity index (χ1) is 7.88. The fourth-order valence-electron chi connectivity index (χ4n) is 1.59. The first-order valence-electron chi connectivity index (χ1n) is 5.12. The van der Waals surface area contributed by atoms with Crippen molar-refractivity contribution in [1.82, 2.24) is 15.0 Å². The van der Waals surface area contributed by atoms with Gasteiger partial charge in [0.15, 0.2) is 11.9 Å². The Morgan fingerprint density at radius 2 is 2.25 bits per heavy atom. The van der Waals surface area contributed by atoms with Gasteiger partial charge in [-0.05, 0) is 12.8 Å². The minimum atomic E-state index is 0.571. The zero-order chi connectivity index (χ0) is 11.5. The van der Waals surface area contributed by atoms with E-state index < -0.39 is 0 Å². The lowest BCUT2D eigenvalue weighted by molar-refractivity contribution is 0.112. The van der Waals surface area contributed by atoms with Gasteiger partial charge in [0, 0.05) is 19.2 Å². The summed E-state index contributed by atoms with van der Waals surface area (Å²) in [6.45, 7) is 0. The summed E-state index contributed by atoms with van der Waals surface area (Å²) in [4.78, 5) is 22.3. The Bertz CT molecular complexity index is 503. The first-order valence-corrected chi connectivity index (χ1v) is 5.12. The van der Waals surface area contributed by atoms with Crippen LogP contribution in [0.2, 0.25) is 0 Å². The quantitative estimate of drug-likeness (QED) is 0.745. The fraction of sp³-hybridized carbons (Fsp3) is 0.364. The van der Waals surface area contributed by atoms with Crippen molar-refractivity contribution in [2.75, 3.05) is 7.11 Å². The second-order valence-electron chi connectivity index (χ2n) is 3.63. The molecule has 5 heteroatoms. The van der Waals surface area contributed by atoms with Crippen molar-refractivity contribution in [3.8, 4) is 0 Å². The molecule has 0 unspecified atom stereocenters. The van der Waals surface area contributed by atoms with E-state index >= 15 is 0 Å². The van der Waals surface area contributed by atoms with Crippen LogP contribution in [0.25, 0.3) is 11.2 Å². The molecule has 5 nitrogen and oxygen atoms in total. The summed E-state index contributed by atoms with van der Waals surface area (Å²) in [5, 5.41) is 7.00. The number of hydrogen-bond donors (Lipinski definition) is 2. The number of nitrogens with zero attached hydrogens (tertiary/aromatic N) is 2. The van der Waals surface area contributed by atoms with Gasteiger partial charge >= 0.3 is 0 Å². The second kappa shape index (κ2) is 4.40. The highest BCUT2D eigenvalue weighted by Gasteiger charge is 2.25. The number of aliphatic hydroxyl groups is 1. The summed E-state index contributed by atoms with van der Waals surface area (Å²) in [6, 6.07) is 0. The molecule has 3 rings (SSSR count). The second-order valence-corrected chi connectivity index (χ2v) is 3.63. The highest BCUT2D eigenvalue weighted by molar-refractivity contribution is 5.92. The number of rotatable bonds is 2. The van der Waals surface area contributed by atoms with Gasteiger partial charge < -0.3 is 10.1 Å². The number of aliphatic hydroxyl groups excluding tert-OH is 1. The molecule has 0 spiro atoms. The van der Waals surface area contributed by atoms with E-state index in [1.165, 1.54) is 12.8 Å². The van der Waals surface area contributed by atoms with Crippen LogP contribution in [0.5, 0.6) is 0 Å². The number of fused-ring (bicyclic) bond motifs is 1. The third-order valence-corrected chi connectivity index (χ3v) is 2.55. The number of nitrogens with one attached hydrogen (secondary N) is 1. The third-order valence-electron chi connectivity index (χ3n) is 2.55. The van der Waals surface area contributed by atoms with E-state index in [9.17, 15) is 4.79 Å². The summed E-state index contributed by atoms with van der Waals surface area (Å²) in [5.74, 6) is 0.571. The smallest absolute Gasteiger partial charge is 0.156 e. The molecule has 0 aliphatic heterocycles. The van der Waals surface area contributed by atoms with E-state index in [0.29, 0.717) is 22.6 Å². The molecule has 16 heavy (non-hydrogen) atoms. The molecule has 2 heterocycles. The molecule has 1 saturated carbocycles. The number of aldehydes is 1. The summed E-state index contributed by atoms with van der Waals surface area (Å²) in [6.07, 6.45) is 6.64. The van der Waals surface area contributed by atoms with Crippen LogP contribution in [0.3, 0.4) is 0 Å². The summed E-state index contributed by atoms with van der Waals surface area (Å²) >= 11 is 0. The van der Waals surface area contributed by atoms with E-state index in [1.807, 2.05) is 0 Å². The summed E-state index contributed by atoms with van der Waals surface area (Å²) < 4.78 is 0. The molecule has 2 N–H and O–H groups in total. The summed E-state index contributed by atoms with van der Waals surface area (Å²) in [7, 11) is 1.00. The van der Waals surface area contributed by atoms with Gasteiger partial charge in [-0.25, -0.2) is 9.97 Å². The highest BCUT2D eigenvalue weighted by Crippen LogP contribution is 2.39. The molecule has 0 amide bonds. The van der Waals surface area contributed by atoms with Crippen molar-refractivity contribution >= 4 is 17.5 Å². The highest BCUT2D eigenvalue weighted by atomic mass is 16.2. The molecule has 0 saturated heterocycles. The molecule has 2 aromatic rings. The van der Waals surface area contributed by atoms with Gasteiger partial charge in [-0.3, -0.25) is 4.79 Å². The maximum Gasteiger partial charge on any atom is 0.156 e. The standard InChI is InChI=1S/C10H9N3O.CH4O/c14-5-7-3-11-10-9(7)13-8(4-12-10)6-1-2-6;1-2/h3-6H,1-2H2,(H,11,12);2H,1H3. The Morgan fingerprint density at radius 1 is 1.50 bits per heavy atom. The van der Waals surface area contributed by atoms with E-state index in [4.69, 9.17) is 5.11 Å². The van der Waals surface area contributed by atoms with E-state index in [1.54, 1.807) is 12.4 Å². The van der Waals surface area contributed by atoms with Crippen LogP contribution in [-0.4, -0.2) is 33.5 Å². The molecule has 0 radical (unpaired) electrons. The normalized spacial score (nSPS) is 14.4. The van der Waals surface area contributed by atoms with Crippen molar-refractivity contribution in [2.45, 2.75) is 18.8 Å². The minimum absolute atomic E-state index is 0.571. The first kappa shape index (κ1) is 10.8. The zero-order valence-corrected chi connectivity index (χ0v) is 8.97.